The Balaban J connectivity index is 1.73. The number of ketones is 1. The summed E-state index contributed by atoms with van der Waals surface area (Å²) in [5.74, 6) is 0.946. The molecule has 0 aromatic heterocycles. The van der Waals surface area contributed by atoms with Crippen LogP contribution in [0.4, 0.5) is 0 Å². The minimum Gasteiger partial charge on any atom is -0.299 e. The maximum Gasteiger partial charge on any atom is 0.136 e. The fourth-order valence-electron chi connectivity index (χ4n) is 3.11. The molecule has 0 radical (unpaired) electrons. The van der Waals surface area contributed by atoms with Gasteiger partial charge in [-0.25, -0.2) is 0 Å². The van der Waals surface area contributed by atoms with Crippen LogP contribution in [0.25, 0.3) is 0 Å². The van der Waals surface area contributed by atoms with E-state index in [4.69, 9.17) is 0 Å². The van der Waals surface area contributed by atoms with Crippen LogP contribution in [0.5, 0.6) is 0 Å². The van der Waals surface area contributed by atoms with Gasteiger partial charge in [0.1, 0.15) is 5.78 Å². The fourth-order valence-corrected chi connectivity index (χ4v) is 4.95. The Hall–Kier alpha value is -0.240. The zero-order valence-electron chi connectivity index (χ0n) is 10.7. The molecule has 0 saturated carbocycles. The van der Waals surface area contributed by atoms with Crippen LogP contribution in [-0.4, -0.2) is 16.3 Å². The van der Waals surface area contributed by atoms with Gasteiger partial charge in [0.15, 0.2) is 0 Å². The molecule has 0 aromatic rings. The second-order valence-corrected chi connectivity index (χ2v) is 7.09. The van der Waals surface area contributed by atoms with E-state index < -0.39 is 0 Å². The van der Waals surface area contributed by atoms with Gasteiger partial charge in [0.05, 0.1) is 0 Å². The minimum absolute atomic E-state index is 0.398. The number of rotatable bonds is 6. The maximum atomic E-state index is 12.2. The van der Waals surface area contributed by atoms with Crippen molar-refractivity contribution in [3.05, 3.63) is 12.7 Å². The molecular formula is C15H24OS. The van der Waals surface area contributed by atoms with Crippen LogP contribution in [0.2, 0.25) is 0 Å². The highest BCUT2D eigenvalue weighted by molar-refractivity contribution is 8.00. The quantitative estimate of drug-likeness (QED) is 0.516. The third-order valence-corrected chi connectivity index (χ3v) is 5.69. The molecular weight excluding hydrogens is 228 g/mol. The van der Waals surface area contributed by atoms with Crippen LogP contribution in [0.1, 0.15) is 57.8 Å². The largest absolute Gasteiger partial charge is 0.299 e. The SMILES string of the molecule is C=CCCCCC(=O)C1CC2CCCC(C1)S2. The van der Waals surface area contributed by atoms with Gasteiger partial charge in [-0.2, -0.15) is 11.8 Å². The Morgan fingerprint density at radius 3 is 2.59 bits per heavy atom. The van der Waals surface area contributed by atoms with Crippen molar-refractivity contribution in [1.82, 2.24) is 0 Å². The Morgan fingerprint density at radius 2 is 1.94 bits per heavy atom. The highest BCUT2D eigenvalue weighted by Crippen LogP contribution is 2.44. The topological polar surface area (TPSA) is 17.1 Å². The van der Waals surface area contributed by atoms with Crippen LogP contribution in [0.15, 0.2) is 12.7 Å². The molecule has 2 unspecified atom stereocenters. The first-order valence-corrected chi connectivity index (χ1v) is 8.03. The summed E-state index contributed by atoms with van der Waals surface area (Å²) in [6.07, 6.45) is 12.4. The van der Waals surface area contributed by atoms with Gasteiger partial charge in [0, 0.05) is 22.8 Å². The van der Waals surface area contributed by atoms with Gasteiger partial charge in [-0.15, -0.1) is 6.58 Å². The molecule has 17 heavy (non-hydrogen) atoms. The molecule has 2 aliphatic rings. The first-order chi connectivity index (χ1) is 8.29. The number of hydrogen-bond acceptors (Lipinski definition) is 2. The van der Waals surface area contributed by atoms with E-state index in [1.165, 1.54) is 32.1 Å². The van der Waals surface area contributed by atoms with Crippen LogP contribution in [-0.2, 0) is 4.79 Å². The number of allylic oxidation sites excluding steroid dienone is 1. The lowest BCUT2D eigenvalue weighted by atomic mass is 9.85. The number of fused-ring (bicyclic) bond motifs is 2. The molecule has 1 nitrogen and oxygen atoms in total. The van der Waals surface area contributed by atoms with Crippen molar-refractivity contribution in [3.63, 3.8) is 0 Å². The van der Waals surface area contributed by atoms with E-state index in [2.05, 4.69) is 18.3 Å². The van der Waals surface area contributed by atoms with Gasteiger partial charge >= 0.3 is 0 Å². The first-order valence-electron chi connectivity index (χ1n) is 7.08. The van der Waals surface area contributed by atoms with E-state index in [-0.39, 0.29) is 0 Å². The van der Waals surface area contributed by atoms with Crippen molar-refractivity contribution in [2.45, 2.75) is 68.3 Å². The van der Waals surface area contributed by atoms with E-state index in [0.717, 1.165) is 36.2 Å². The molecule has 2 bridgehead atoms. The van der Waals surface area contributed by atoms with Crippen LogP contribution >= 0.6 is 11.8 Å². The monoisotopic (exact) mass is 252 g/mol. The summed E-state index contributed by atoms with van der Waals surface area (Å²) >= 11 is 2.16. The predicted molar refractivity (Wildman–Crippen MR) is 75.4 cm³/mol. The number of hydrogen-bond donors (Lipinski definition) is 0. The molecule has 2 aliphatic heterocycles. The van der Waals surface area contributed by atoms with Crippen molar-refractivity contribution in [1.29, 1.82) is 0 Å². The van der Waals surface area contributed by atoms with Gasteiger partial charge in [-0.3, -0.25) is 4.79 Å². The third-order valence-electron chi connectivity index (χ3n) is 4.07. The summed E-state index contributed by atoms with van der Waals surface area (Å²) in [5, 5.41) is 1.59. The summed E-state index contributed by atoms with van der Waals surface area (Å²) in [7, 11) is 0. The van der Waals surface area contributed by atoms with Crippen LogP contribution < -0.4 is 0 Å². The number of carbonyl (C=O) groups is 1. The van der Waals surface area contributed by atoms with Gasteiger partial charge < -0.3 is 0 Å². The summed E-state index contributed by atoms with van der Waals surface area (Å²) in [4.78, 5) is 12.2. The molecule has 2 fully saturated rings. The standard InChI is InChI=1S/C15H24OS/c1-2-3-4-5-9-15(16)12-10-13-7-6-8-14(11-12)17-13/h2,12-14H,1,3-11H2. The van der Waals surface area contributed by atoms with E-state index in [1.54, 1.807) is 0 Å². The number of Topliss-reactive ketones (excluding diaryl/α,β-unsaturated/α-hetero) is 1. The molecule has 2 rings (SSSR count). The van der Waals surface area contributed by atoms with Crippen molar-refractivity contribution in [2.75, 3.05) is 0 Å². The van der Waals surface area contributed by atoms with E-state index in [0.29, 0.717) is 11.7 Å². The van der Waals surface area contributed by atoms with E-state index in [1.807, 2.05) is 6.08 Å². The Morgan fingerprint density at radius 1 is 1.24 bits per heavy atom. The highest BCUT2D eigenvalue weighted by Gasteiger charge is 2.34. The summed E-state index contributed by atoms with van der Waals surface area (Å²) in [6, 6.07) is 0. The van der Waals surface area contributed by atoms with Gasteiger partial charge in [-0.1, -0.05) is 12.5 Å². The molecule has 0 spiro atoms. The Kier molecular flexibility index (Phi) is 5.15. The smallest absolute Gasteiger partial charge is 0.136 e. The van der Waals surface area contributed by atoms with Crippen molar-refractivity contribution < 1.29 is 4.79 Å². The highest BCUT2D eigenvalue weighted by atomic mass is 32.2. The first kappa shape index (κ1) is 13.2. The maximum absolute atomic E-state index is 12.2. The van der Waals surface area contributed by atoms with Gasteiger partial charge in [0.2, 0.25) is 0 Å². The number of thioether (sulfide) groups is 1. The average Bonchev–Trinajstić information content (AvgIpc) is 2.34. The van der Waals surface area contributed by atoms with Crippen molar-refractivity contribution >= 4 is 17.5 Å². The Labute approximate surface area is 109 Å². The zero-order chi connectivity index (χ0) is 12.1. The normalized spacial score (nSPS) is 32.1. The van der Waals surface area contributed by atoms with Gasteiger partial charge in [-0.05, 0) is 44.9 Å². The number of carbonyl (C=O) groups excluding carboxylic acids is 1. The molecule has 0 N–H and O–H groups in total. The zero-order valence-corrected chi connectivity index (χ0v) is 11.5. The molecule has 2 heteroatoms. The van der Waals surface area contributed by atoms with Crippen molar-refractivity contribution in [2.24, 2.45) is 5.92 Å². The summed E-state index contributed by atoms with van der Waals surface area (Å²) < 4.78 is 0. The molecule has 0 amide bonds. The lowest BCUT2D eigenvalue weighted by molar-refractivity contribution is -0.123. The molecule has 0 aromatic carbocycles. The lowest BCUT2D eigenvalue weighted by Gasteiger charge is -2.38. The van der Waals surface area contributed by atoms with Crippen LogP contribution in [0.3, 0.4) is 0 Å². The third kappa shape index (κ3) is 3.87. The average molecular weight is 252 g/mol. The molecule has 96 valence electrons. The predicted octanol–water partition coefficient (Wildman–Crippen LogP) is 4.37. The summed E-state index contributed by atoms with van der Waals surface area (Å²) in [6.45, 7) is 3.72. The summed E-state index contributed by atoms with van der Waals surface area (Å²) in [5.41, 5.74) is 0. The van der Waals surface area contributed by atoms with Gasteiger partial charge in [0.25, 0.3) is 0 Å². The van der Waals surface area contributed by atoms with E-state index in [9.17, 15) is 4.79 Å². The number of unbranched alkanes of at least 4 members (excludes halogenated alkanes) is 2. The molecule has 2 heterocycles. The second kappa shape index (κ2) is 6.63. The minimum atomic E-state index is 0.398. The molecule has 2 saturated heterocycles. The lowest BCUT2D eigenvalue weighted by Crippen LogP contribution is -2.32. The molecule has 2 atom stereocenters. The van der Waals surface area contributed by atoms with E-state index >= 15 is 0 Å². The van der Waals surface area contributed by atoms with Crippen molar-refractivity contribution in [3.8, 4) is 0 Å². The Bertz CT molecular complexity index is 262. The molecule has 0 aliphatic carbocycles. The van der Waals surface area contributed by atoms with Crippen LogP contribution in [0, 0.1) is 5.92 Å². The fraction of sp³-hybridized carbons (Fsp3) is 0.800. The second-order valence-electron chi connectivity index (χ2n) is 5.48.